The van der Waals surface area contributed by atoms with Gasteiger partial charge in [0.1, 0.15) is 0 Å². The summed E-state index contributed by atoms with van der Waals surface area (Å²) in [7, 11) is 1.41. The predicted molar refractivity (Wildman–Crippen MR) is 107 cm³/mol. The number of aliphatic hydroxyl groups excluding tert-OH is 1. The van der Waals surface area contributed by atoms with Crippen LogP contribution in [0.1, 0.15) is 30.4 Å². The predicted octanol–water partition coefficient (Wildman–Crippen LogP) is 3.51. The molecule has 1 N–H and O–H groups in total. The fourth-order valence-corrected chi connectivity index (χ4v) is 3.73. The summed E-state index contributed by atoms with van der Waals surface area (Å²) in [6.45, 7) is 1.42. The van der Waals surface area contributed by atoms with Gasteiger partial charge in [0.05, 0.1) is 19.6 Å². The van der Waals surface area contributed by atoms with Crippen LogP contribution in [0.2, 0.25) is 0 Å². The lowest BCUT2D eigenvalue weighted by molar-refractivity contribution is -0.141. The van der Waals surface area contributed by atoms with Crippen LogP contribution >= 0.6 is 0 Å². The molecule has 1 heterocycles. The molecule has 0 amide bonds. The maximum Gasteiger partial charge on any atom is 0.307 e. The van der Waals surface area contributed by atoms with Crippen LogP contribution in [0.25, 0.3) is 5.57 Å². The number of esters is 1. The second-order valence-corrected chi connectivity index (χ2v) is 6.96. The lowest BCUT2D eigenvalue weighted by Gasteiger charge is -2.22. The number of carbonyl (C=O) groups is 1. The fourth-order valence-electron chi connectivity index (χ4n) is 3.73. The van der Waals surface area contributed by atoms with Gasteiger partial charge in [0, 0.05) is 19.1 Å². The van der Waals surface area contributed by atoms with Crippen LogP contribution in [-0.4, -0.2) is 48.3 Å². The minimum atomic E-state index is -0.369. The van der Waals surface area contributed by atoms with Crippen LogP contribution in [0.5, 0.6) is 0 Å². The summed E-state index contributed by atoms with van der Waals surface area (Å²) in [5.74, 6) is -0.219. The summed E-state index contributed by atoms with van der Waals surface area (Å²) in [5.41, 5.74) is 3.59. The largest absolute Gasteiger partial charge is 0.469 e. The Morgan fingerprint density at radius 3 is 2.26 bits per heavy atom. The monoisotopic (exact) mass is 365 g/mol. The number of benzene rings is 2. The maximum atomic E-state index is 11.6. The van der Waals surface area contributed by atoms with E-state index in [1.165, 1.54) is 23.8 Å². The number of aliphatic hydroxyl groups is 1. The third-order valence-corrected chi connectivity index (χ3v) is 5.07. The Hall–Kier alpha value is -2.43. The van der Waals surface area contributed by atoms with E-state index < -0.39 is 0 Å². The molecule has 0 aromatic heterocycles. The third kappa shape index (κ3) is 5.28. The van der Waals surface area contributed by atoms with Crippen molar-refractivity contribution < 1.29 is 14.6 Å². The Labute approximate surface area is 161 Å². The highest BCUT2D eigenvalue weighted by Gasteiger charge is 2.32. The molecule has 0 radical (unpaired) electrons. The topological polar surface area (TPSA) is 49.8 Å². The lowest BCUT2D eigenvalue weighted by Crippen LogP contribution is -2.32. The number of carbonyl (C=O) groups excluding carboxylic acids is 1. The first-order chi connectivity index (χ1) is 13.2. The summed E-state index contributed by atoms with van der Waals surface area (Å²) in [6, 6.07) is 20.8. The molecule has 2 atom stereocenters. The number of β-amino-alcohol motifs (C(OH)–C–C–N with tert-alkyl or cyclic N) is 1. The highest BCUT2D eigenvalue weighted by Crippen LogP contribution is 2.25. The van der Waals surface area contributed by atoms with E-state index in [9.17, 15) is 9.90 Å². The van der Waals surface area contributed by atoms with Crippen LogP contribution in [0.4, 0.5) is 0 Å². The van der Waals surface area contributed by atoms with Crippen LogP contribution in [0.15, 0.2) is 66.7 Å². The molecule has 4 nitrogen and oxygen atoms in total. The number of hydrogen-bond donors (Lipinski definition) is 1. The SMILES string of the molecule is COC(=O)C[C@@H]1C[C@@H](O)CN1CCC=C(c1ccccc1)c1ccccc1. The van der Waals surface area contributed by atoms with Crippen molar-refractivity contribution in [2.45, 2.75) is 31.4 Å². The number of likely N-dealkylation sites (tertiary alicyclic amines) is 1. The Morgan fingerprint density at radius 2 is 1.70 bits per heavy atom. The standard InChI is InChI=1S/C23H27NO3/c1-27-23(26)16-20-15-21(25)17-24(20)14-8-13-22(18-9-4-2-5-10-18)19-11-6-3-7-12-19/h2-7,9-13,20-21,25H,8,14-17H2,1H3/t20-,21+/m0/s1. The minimum Gasteiger partial charge on any atom is -0.469 e. The molecule has 0 saturated carbocycles. The summed E-state index contributed by atoms with van der Waals surface area (Å²) < 4.78 is 4.79. The zero-order valence-corrected chi connectivity index (χ0v) is 15.8. The van der Waals surface area contributed by atoms with Gasteiger partial charge in [-0.05, 0) is 29.5 Å². The van der Waals surface area contributed by atoms with Gasteiger partial charge in [0.25, 0.3) is 0 Å². The molecule has 1 saturated heterocycles. The first-order valence-electron chi connectivity index (χ1n) is 9.47. The van der Waals surface area contributed by atoms with Crippen LogP contribution in [-0.2, 0) is 9.53 Å². The Bertz CT molecular complexity index is 716. The van der Waals surface area contributed by atoms with E-state index in [0.717, 1.165) is 13.0 Å². The van der Waals surface area contributed by atoms with E-state index in [-0.39, 0.29) is 18.1 Å². The number of methoxy groups -OCH3 is 1. The number of ether oxygens (including phenoxy) is 1. The van der Waals surface area contributed by atoms with Gasteiger partial charge >= 0.3 is 5.97 Å². The van der Waals surface area contributed by atoms with Gasteiger partial charge in [-0.15, -0.1) is 0 Å². The molecule has 0 aliphatic carbocycles. The van der Waals surface area contributed by atoms with Crippen molar-refractivity contribution in [1.29, 1.82) is 0 Å². The van der Waals surface area contributed by atoms with Crippen molar-refractivity contribution in [3.05, 3.63) is 77.9 Å². The Kier molecular flexibility index (Phi) is 6.80. The normalized spacial score (nSPS) is 19.6. The Balaban J connectivity index is 1.72. The van der Waals surface area contributed by atoms with Gasteiger partial charge in [-0.25, -0.2) is 0 Å². The molecule has 1 aliphatic rings. The van der Waals surface area contributed by atoms with Crippen LogP contribution in [0, 0.1) is 0 Å². The van der Waals surface area contributed by atoms with Crippen molar-refractivity contribution in [1.82, 2.24) is 4.90 Å². The number of rotatable bonds is 7. The molecule has 1 aliphatic heterocycles. The lowest BCUT2D eigenvalue weighted by atomic mass is 9.97. The maximum absolute atomic E-state index is 11.6. The average Bonchev–Trinajstić information content (AvgIpc) is 3.05. The first-order valence-corrected chi connectivity index (χ1v) is 9.47. The molecular formula is C23H27NO3. The molecule has 4 heteroatoms. The zero-order chi connectivity index (χ0) is 19.1. The molecular weight excluding hydrogens is 338 g/mol. The molecule has 142 valence electrons. The van der Waals surface area contributed by atoms with E-state index in [2.05, 4.69) is 59.5 Å². The molecule has 0 bridgehead atoms. The Morgan fingerprint density at radius 1 is 1.11 bits per heavy atom. The second-order valence-electron chi connectivity index (χ2n) is 6.96. The van der Waals surface area contributed by atoms with E-state index >= 15 is 0 Å². The second kappa shape index (κ2) is 9.49. The van der Waals surface area contributed by atoms with Crippen molar-refractivity contribution >= 4 is 11.5 Å². The van der Waals surface area contributed by atoms with Crippen molar-refractivity contribution in [3.63, 3.8) is 0 Å². The van der Waals surface area contributed by atoms with Gasteiger partial charge in [0.2, 0.25) is 0 Å². The van der Waals surface area contributed by atoms with Gasteiger partial charge in [-0.3, -0.25) is 9.69 Å². The summed E-state index contributed by atoms with van der Waals surface area (Å²) in [4.78, 5) is 13.8. The van der Waals surface area contributed by atoms with Gasteiger partial charge in [-0.1, -0.05) is 66.7 Å². The highest BCUT2D eigenvalue weighted by molar-refractivity contribution is 5.79. The quantitative estimate of drug-likeness (QED) is 0.763. The third-order valence-electron chi connectivity index (χ3n) is 5.07. The zero-order valence-electron chi connectivity index (χ0n) is 15.8. The molecule has 0 spiro atoms. The molecule has 1 fully saturated rings. The van der Waals surface area contributed by atoms with Crippen molar-refractivity contribution in [2.24, 2.45) is 0 Å². The molecule has 2 aromatic carbocycles. The minimum absolute atomic E-state index is 0.0535. The van der Waals surface area contributed by atoms with Crippen molar-refractivity contribution in [3.8, 4) is 0 Å². The fraction of sp³-hybridized carbons (Fsp3) is 0.348. The number of hydrogen-bond acceptors (Lipinski definition) is 4. The average molecular weight is 365 g/mol. The van der Waals surface area contributed by atoms with E-state index in [1.807, 2.05) is 12.1 Å². The summed E-state index contributed by atoms with van der Waals surface area (Å²) in [6.07, 6.45) is 3.70. The van der Waals surface area contributed by atoms with Crippen molar-refractivity contribution in [2.75, 3.05) is 20.2 Å². The van der Waals surface area contributed by atoms with Crippen LogP contribution in [0.3, 0.4) is 0 Å². The highest BCUT2D eigenvalue weighted by atomic mass is 16.5. The molecule has 0 unspecified atom stereocenters. The van der Waals surface area contributed by atoms with E-state index in [0.29, 0.717) is 19.4 Å². The smallest absolute Gasteiger partial charge is 0.307 e. The van der Waals surface area contributed by atoms with E-state index in [4.69, 9.17) is 4.74 Å². The number of nitrogens with zero attached hydrogens (tertiary/aromatic N) is 1. The van der Waals surface area contributed by atoms with Gasteiger partial charge < -0.3 is 9.84 Å². The summed E-state index contributed by atoms with van der Waals surface area (Å²) in [5, 5.41) is 10.0. The molecule has 2 aromatic rings. The van der Waals surface area contributed by atoms with Gasteiger partial charge in [-0.2, -0.15) is 0 Å². The molecule has 3 rings (SSSR count). The first kappa shape index (κ1) is 19.3. The summed E-state index contributed by atoms with van der Waals surface area (Å²) >= 11 is 0. The van der Waals surface area contributed by atoms with Gasteiger partial charge in [0.15, 0.2) is 0 Å². The van der Waals surface area contributed by atoms with E-state index in [1.54, 1.807) is 0 Å². The van der Waals surface area contributed by atoms with Crippen LogP contribution < -0.4 is 0 Å². The molecule has 27 heavy (non-hydrogen) atoms.